The molecule has 0 aliphatic carbocycles. The van der Waals surface area contributed by atoms with E-state index in [0.29, 0.717) is 18.7 Å². The number of carbonyl (C=O) groups is 1. The summed E-state index contributed by atoms with van der Waals surface area (Å²) in [5.41, 5.74) is 0.656. The summed E-state index contributed by atoms with van der Waals surface area (Å²) in [5, 5.41) is 2.00. The first-order valence-electron chi connectivity index (χ1n) is 5.56. The summed E-state index contributed by atoms with van der Waals surface area (Å²) in [6, 6.07) is 13.5. The molecular formula is C14H11NO2. The van der Waals surface area contributed by atoms with Crippen molar-refractivity contribution in [3.05, 3.63) is 48.0 Å². The molecule has 2 aromatic rings. The monoisotopic (exact) mass is 225 g/mol. The van der Waals surface area contributed by atoms with Crippen LogP contribution in [0.5, 0.6) is 0 Å². The Morgan fingerprint density at radius 3 is 2.76 bits per heavy atom. The van der Waals surface area contributed by atoms with Crippen LogP contribution in [0.15, 0.2) is 47.5 Å². The summed E-state index contributed by atoms with van der Waals surface area (Å²) in [7, 11) is 0. The van der Waals surface area contributed by atoms with E-state index in [2.05, 4.69) is 4.99 Å². The zero-order chi connectivity index (χ0) is 11.7. The Hall–Kier alpha value is -2.16. The van der Waals surface area contributed by atoms with E-state index in [-0.39, 0.29) is 11.7 Å². The van der Waals surface area contributed by atoms with Crippen molar-refractivity contribution >= 4 is 22.5 Å². The van der Waals surface area contributed by atoms with Gasteiger partial charge in [-0.05, 0) is 10.8 Å². The van der Waals surface area contributed by atoms with E-state index in [4.69, 9.17) is 4.74 Å². The van der Waals surface area contributed by atoms with Crippen LogP contribution in [-0.4, -0.2) is 24.8 Å². The van der Waals surface area contributed by atoms with Crippen molar-refractivity contribution in [2.45, 2.75) is 0 Å². The molecule has 3 rings (SSSR count). The lowest BCUT2D eigenvalue weighted by Gasteiger charge is -2.05. The summed E-state index contributed by atoms with van der Waals surface area (Å²) < 4.78 is 5.22. The van der Waals surface area contributed by atoms with E-state index >= 15 is 0 Å². The molecule has 1 aliphatic rings. The SMILES string of the molecule is O=C(C1=NCCO1)c1cccc2ccccc12. The molecule has 0 saturated heterocycles. The standard InChI is InChI=1S/C14H11NO2/c16-13(14-15-8-9-17-14)12-7-3-5-10-4-1-2-6-11(10)12/h1-7H,8-9H2. The number of Topliss-reactive ketones (excluding diaryl/α,β-unsaturated/α-hetero) is 1. The van der Waals surface area contributed by atoms with Gasteiger partial charge in [0.2, 0.25) is 5.78 Å². The summed E-state index contributed by atoms with van der Waals surface area (Å²) in [5.74, 6) is 0.112. The Morgan fingerprint density at radius 1 is 1.12 bits per heavy atom. The molecule has 0 amide bonds. The number of fused-ring (bicyclic) bond motifs is 1. The number of ketones is 1. The molecule has 0 aromatic heterocycles. The zero-order valence-corrected chi connectivity index (χ0v) is 9.22. The highest BCUT2D eigenvalue weighted by molar-refractivity contribution is 6.45. The van der Waals surface area contributed by atoms with Crippen molar-refractivity contribution < 1.29 is 9.53 Å². The van der Waals surface area contributed by atoms with E-state index in [9.17, 15) is 4.79 Å². The Balaban J connectivity index is 2.14. The van der Waals surface area contributed by atoms with Gasteiger partial charge in [-0.2, -0.15) is 0 Å². The van der Waals surface area contributed by atoms with Crippen LogP contribution in [-0.2, 0) is 4.74 Å². The minimum absolute atomic E-state index is 0.126. The zero-order valence-electron chi connectivity index (χ0n) is 9.22. The highest BCUT2D eigenvalue weighted by atomic mass is 16.5. The fourth-order valence-corrected chi connectivity index (χ4v) is 2.01. The van der Waals surface area contributed by atoms with E-state index in [1.165, 1.54) is 0 Å². The molecular weight excluding hydrogens is 214 g/mol. The lowest BCUT2D eigenvalue weighted by atomic mass is 10.0. The molecule has 0 N–H and O–H groups in total. The third-order valence-corrected chi connectivity index (χ3v) is 2.81. The average Bonchev–Trinajstić information content (AvgIpc) is 2.91. The van der Waals surface area contributed by atoms with Crippen LogP contribution in [0.4, 0.5) is 0 Å². The van der Waals surface area contributed by atoms with Gasteiger partial charge in [0.25, 0.3) is 5.90 Å². The molecule has 1 heterocycles. The number of benzene rings is 2. The first kappa shape index (κ1) is 10.0. The second kappa shape index (κ2) is 4.01. The molecule has 84 valence electrons. The first-order chi connectivity index (χ1) is 8.36. The number of carbonyl (C=O) groups excluding carboxylic acids is 1. The minimum Gasteiger partial charge on any atom is -0.473 e. The van der Waals surface area contributed by atoms with Gasteiger partial charge in [0.1, 0.15) is 6.61 Å². The highest BCUT2D eigenvalue weighted by Gasteiger charge is 2.20. The first-order valence-corrected chi connectivity index (χ1v) is 5.56. The smallest absolute Gasteiger partial charge is 0.258 e. The van der Waals surface area contributed by atoms with E-state index < -0.39 is 0 Å². The van der Waals surface area contributed by atoms with Crippen molar-refractivity contribution in [3.63, 3.8) is 0 Å². The third kappa shape index (κ3) is 1.69. The maximum Gasteiger partial charge on any atom is 0.258 e. The molecule has 0 saturated carbocycles. The molecule has 0 fully saturated rings. The predicted molar refractivity (Wildman–Crippen MR) is 66.5 cm³/mol. The number of ether oxygens (including phenoxy) is 1. The lowest BCUT2D eigenvalue weighted by molar-refractivity contribution is 0.103. The molecule has 3 heteroatoms. The Kier molecular flexibility index (Phi) is 2.37. The largest absolute Gasteiger partial charge is 0.473 e. The summed E-state index contributed by atoms with van der Waals surface area (Å²) >= 11 is 0. The molecule has 2 aromatic carbocycles. The fourth-order valence-electron chi connectivity index (χ4n) is 2.01. The van der Waals surface area contributed by atoms with E-state index in [1.807, 2.05) is 42.5 Å². The summed E-state index contributed by atoms with van der Waals surface area (Å²) in [6.45, 7) is 1.08. The van der Waals surface area contributed by atoms with Gasteiger partial charge >= 0.3 is 0 Å². The fraction of sp³-hybridized carbons (Fsp3) is 0.143. The molecule has 1 aliphatic heterocycles. The molecule has 0 atom stereocenters. The molecule has 0 unspecified atom stereocenters. The third-order valence-electron chi connectivity index (χ3n) is 2.81. The van der Waals surface area contributed by atoms with Crippen LogP contribution in [0, 0.1) is 0 Å². The van der Waals surface area contributed by atoms with Gasteiger partial charge in [0.15, 0.2) is 0 Å². The van der Waals surface area contributed by atoms with Crippen LogP contribution in [0.1, 0.15) is 10.4 Å². The van der Waals surface area contributed by atoms with Gasteiger partial charge in [-0.1, -0.05) is 42.5 Å². The van der Waals surface area contributed by atoms with Gasteiger partial charge in [-0.25, -0.2) is 4.99 Å². The average molecular weight is 225 g/mol. The second-order valence-corrected chi connectivity index (χ2v) is 3.89. The molecule has 3 nitrogen and oxygen atoms in total. The van der Waals surface area contributed by atoms with Crippen LogP contribution in [0.3, 0.4) is 0 Å². The Labute approximate surface area is 98.7 Å². The van der Waals surface area contributed by atoms with Gasteiger partial charge in [0.05, 0.1) is 6.54 Å². The van der Waals surface area contributed by atoms with Crippen LogP contribution in [0.25, 0.3) is 10.8 Å². The molecule has 17 heavy (non-hydrogen) atoms. The summed E-state index contributed by atoms with van der Waals surface area (Å²) in [4.78, 5) is 16.3. The van der Waals surface area contributed by atoms with Crippen molar-refractivity contribution in [2.75, 3.05) is 13.2 Å². The van der Waals surface area contributed by atoms with Crippen LogP contribution >= 0.6 is 0 Å². The number of rotatable bonds is 2. The highest BCUT2D eigenvalue weighted by Crippen LogP contribution is 2.20. The van der Waals surface area contributed by atoms with Crippen LogP contribution in [0.2, 0.25) is 0 Å². The van der Waals surface area contributed by atoms with Crippen molar-refractivity contribution in [2.24, 2.45) is 4.99 Å². The topological polar surface area (TPSA) is 38.7 Å². The van der Waals surface area contributed by atoms with Crippen molar-refractivity contribution in [1.29, 1.82) is 0 Å². The molecule has 0 spiro atoms. The summed E-state index contributed by atoms with van der Waals surface area (Å²) in [6.07, 6.45) is 0. The van der Waals surface area contributed by atoms with Gasteiger partial charge in [0, 0.05) is 5.56 Å². The van der Waals surface area contributed by atoms with E-state index in [1.54, 1.807) is 0 Å². The van der Waals surface area contributed by atoms with Crippen molar-refractivity contribution in [1.82, 2.24) is 0 Å². The van der Waals surface area contributed by atoms with Crippen molar-refractivity contribution in [3.8, 4) is 0 Å². The van der Waals surface area contributed by atoms with Crippen LogP contribution < -0.4 is 0 Å². The maximum atomic E-state index is 12.2. The number of hydrogen-bond acceptors (Lipinski definition) is 3. The predicted octanol–water partition coefficient (Wildman–Crippen LogP) is 2.45. The Bertz CT molecular complexity index is 611. The molecule has 0 radical (unpaired) electrons. The molecule has 0 bridgehead atoms. The van der Waals surface area contributed by atoms with Gasteiger partial charge in [-0.15, -0.1) is 0 Å². The lowest BCUT2D eigenvalue weighted by Crippen LogP contribution is -2.14. The normalized spacial score (nSPS) is 14.5. The quantitative estimate of drug-likeness (QED) is 0.736. The maximum absolute atomic E-state index is 12.2. The second-order valence-electron chi connectivity index (χ2n) is 3.89. The van der Waals surface area contributed by atoms with E-state index in [0.717, 1.165) is 10.8 Å². The number of nitrogens with zero attached hydrogens (tertiary/aromatic N) is 1. The number of aliphatic imine (C=N–C) groups is 1. The Morgan fingerprint density at radius 2 is 1.94 bits per heavy atom. The van der Waals surface area contributed by atoms with Gasteiger partial charge in [-0.3, -0.25) is 4.79 Å². The minimum atomic E-state index is -0.126. The van der Waals surface area contributed by atoms with Gasteiger partial charge < -0.3 is 4.74 Å². The number of hydrogen-bond donors (Lipinski definition) is 0.